The summed E-state index contributed by atoms with van der Waals surface area (Å²) in [5.74, 6) is -1.59. The Labute approximate surface area is 129 Å². The number of carboxylic acids is 1. The minimum atomic E-state index is -3.68. The normalized spacial score (nSPS) is 11.7. The molecule has 6 nitrogen and oxygen atoms in total. The van der Waals surface area contributed by atoms with Crippen molar-refractivity contribution in [3.63, 3.8) is 0 Å². The summed E-state index contributed by atoms with van der Waals surface area (Å²) in [6.07, 6.45) is 0.424. The van der Waals surface area contributed by atoms with Crippen LogP contribution in [0.15, 0.2) is 17.0 Å². The highest BCUT2D eigenvalue weighted by atomic mass is 35.5. The first-order chi connectivity index (χ1) is 9.69. The van der Waals surface area contributed by atoms with Gasteiger partial charge in [-0.25, -0.2) is 13.2 Å². The van der Waals surface area contributed by atoms with Crippen LogP contribution in [-0.2, 0) is 9.84 Å². The molecule has 0 aromatic heterocycles. The smallest absolute Gasteiger partial charge is 0.339 e. The van der Waals surface area contributed by atoms with E-state index in [9.17, 15) is 13.2 Å². The SMILES string of the molecule is COc1c(C(=O)O)cc(Cl)cc1S(=O)(=O)CCCN(C)C. The fourth-order valence-corrected chi connectivity index (χ4v) is 3.64. The molecule has 0 saturated heterocycles. The zero-order valence-corrected chi connectivity index (χ0v) is 13.7. The molecule has 118 valence electrons. The van der Waals surface area contributed by atoms with Crippen molar-refractivity contribution in [2.45, 2.75) is 11.3 Å². The first-order valence-electron chi connectivity index (χ1n) is 6.17. The minimum absolute atomic E-state index is 0.0411. The van der Waals surface area contributed by atoms with Crippen LogP contribution >= 0.6 is 11.6 Å². The van der Waals surface area contributed by atoms with Gasteiger partial charge in [-0.1, -0.05) is 11.6 Å². The van der Waals surface area contributed by atoms with E-state index in [0.717, 1.165) is 0 Å². The lowest BCUT2D eigenvalue weighted by Gasteiger charge is -2.14. The van der Waals surface area contributed by atoms with Crippen molar-refractivity contribution in [1.82, 2.24) is 4.90 Å². The van der Waals surface area contributed by atoms with Gasteiger partial charge in [-0.2, -0.15) is 0 Å². The molecular formula is C13H18ClNO5S. The van der Waals surface area contributed by atoms with Crippen LogP contribution in [0.4, 0.5) is 0 Å². The minimum Gasteiger partial charge on any atom is -0.494 e. The highest BCUT2D eigenvalue weighted by Gasteiger charge is 2.25. The summed E-state index contributed by atoms with van der Waals surface area (Å²) in [5.41, 5.74) is -0.267. The summed E-state index contributed by atoms with van der Waals surface area (Å²) < 4.78 is 29.7. The molecule has 8 heteroatoms. The van der Waals surface area contributed by atoms with Gasteiger partial charge in [0, 0.05) is 5.02 Å². The fraction of sp³-hybridized carbons (Fsp3) is 0.462. The maximum absolute atomic E-state index is 12.4. The second kappa shape index (κ2) is 7.11. The molecule has 0 heterocycles. The average molecular weight is 336 g/mol. The van der Waals surface area contributed by atoms with Crippen molar-refractivity contribution in [3.05, 3.63) is 22.7 Å². The monoisotopic (exact) mass is 335 g/mol. The third-order valence-corrected chi connectivity index (χ3v) is 4.83. The fourth-order valence-electron chi connectivity index (χ4n) is 1.85. The maximum atomic E-state index is 12.4. The molecule has 1 aromatic rings. The van der Waals surface area contributed by atoms with Crippen LogP contribution in [0.1, 0.15) is 16.8 Å². The van der Waals surface area contributed by atoms with Gasteiger partial charge in [0.2, 0.25) is 0 Å². The van der Waals surface area contributed by atoms with Crippen LogP contribution in [0.3, 0.4) is 0 Å². The number of aromatic carboxylic acids is 1. The van der Waals surface area contributed by atoms with Crippen molar-refractivity contribution in [2.75, 3.05) is 33.5 Å². The molecule has 0 spiro atoms. The first-order valence-corrected chi connectivity index (χ1v) is 8.20. The zero-order valence-electron chi connectivity index (χ0n) is 12.1. The highest BCUT2D eigenvalue weighted by Crippen LogP contribution is 2.32. The van der Waals surface area contributed by atoms with E-state index >= 15 is 0 Å². The Kier molecular flexibility index (Phi) is 6.00. The molecule has 0 fully saturated rings. The van der Waals surface area contributed by atoms with Gasteiger partial charge in [0.15, 0.2) is 15.6 Å². The van der Waals surface area contributed by atoms with Gasteiger partial charge in [0.25, 0.3) is 0 Å². The summed E-state index contributed by atoms with van der Waals surface area (Å²) in [7, 11) is 1.24. The molecule has 1 N–H and O–H groups in total. The number of ether oxygens (including phenoxy) is 1. The molecule has 1 rings (SSSR count). The van der Waals surface area contributed by atoms with E-state index in [1.54, 1.807) is 0 Å². The van der Waals surface area contributed by atoms with Crippen molar-refractivity contribution >= 4 is 27.4 Å². The molecule has 21 heavy (non-hydrogen) atoms. The Balaban J connectivity index is 3.25. The number of benzene rings is 1. The van der Waals surface area contributed by atoms with E-state index < -0.39 is 15.8 Å². The molecule has 0 unspecified atom stereocenters. The van der Waals surface area contributed by atoms with E-state index in [1.165, 1.54) is 19.2 Å². The number of carbonyl (C=O) groups is 1. The Morgan fingerprint density at radius 3 is 2.48 bits per heavy atom. The number of sulfone groups is 1. The molecule has 0 aliphatic heterocycles. The number of methoxy groups -OCH3 is 1. The standard InChI is InChI=1S/C13H18ClNO5S/c1-15(2)5-4-6-21(18,19)11-8-9(14)7-10(13(16)17)12(11)20-3/h7-8H,4-6H2,1-3H3,(H,16,17). The summed E-state index contributed by atoms with van der Waals surface area (Å²) in [5, 5.41) is 9.16. The van der Waals surface area contributed by atoms with Crippen LogP contribution < -0.4 is 4.74 Å². The summed E-state index contributed by atoms with van der Waals surface area (Å²) in [6, 6.07) is 2.39. The molecule has 0 bridgehead atoms. The van der Waals surface area contributed by atoms with Gasteiger partial charge < -0.3 is 14.7 Å². The number of nitrogens with zero attached hydrogens (tertiary/aromatic N) is 1. The third kappa shape index (κ3) is 4.59. The molecular weight excluding hydrogens is 318 g/mol. The number of hydrogen-bond donors (Lipinski definition) is 1. The number of carboxylic acid groups (broad SMARTS) is 1. The lowest BCUT2D eigenvalue weighted by Crippen LogP contribution is -2.18. The maximum Gasteiger partial charge on any atom is 0.339 e. The summed E-state index contributed by atoms with van der Waals surface area (Å²) >= 11 is 5.82. The van der Waals surface area contributed by atoms with Crippen molar-refractivity contribution in [1.29, 1.82) is 0 Å². The van der Waals surface area contributed by atoms with Crippen molar-refractivity contribution in [2.24, 2.45) is 0 Å². The zero-order chi connectivity index (χ0) is 16.2. The highest BCUT2D eigenvalue weighted by molar-refractivity contribution is 7.91. The second-order valence-corrected chi connectivity index (χ2v) is 7.28. The van der Waals surface area contributed by atoms with Gasteiger partial charge in [0.05, 0.1) is 12.9 Å². The molecule has 0 amide bonds. The average Bonchev–Trinajstić information content (AvgIpc) is 2.36. The Morgan fingerprint density at radius 1 is 1.38 bits per heavy atom. The van der Waals surface area contributed by atoms with Crippen LogP contribution in [0.25, 0.3) is 0 Å². The molecule has 0 atom stereocenters. The molecule has 0 aliphatic rings. The van der Waals surface area contributed by atoms with Gasteiger partial charge >= 0.3 is 5.97 Å². The van der Waals surface area contributed by atoms with E-state index in [1.807, 2.05) is 19.0 Å². The van der Waals surface area contributed by atoms with Crippen molar-refractivity contribution < 1.29 is 23.1 Å². The van der Waals surface area contributed by atoms with Crippen LogP contribution in [0.2, 0.25) is 5.02 Å². The van der Waals surface area contributed by atoms with Gasteiger partial charge in [0.1, 0.15) is 10.5 Å². The van der Waals surface area contributed by atoms with Crippen LogP contribution in [0.5, 0.6) is 5.75 Å². The number of hydrogen-bond acceptors (Lipinski definition) is 5. The Morgan fingerprint density at radius 2 is 2.00 bits per heavy atom. The van der Waals surface area contributed by atoms with Crippen LogP contribution in [-0.4, -0.2) is 57.9 Å². The lowest BCUT2D eigenvalue weighted by atomic mass is 10.2. The van der Waals surface area contributed by atoms with E-state index in [4.69, 9.17) is 21.4 Å². The van der Waals surface area contributed by atoms with Crippen LogP contribution in [0, 0.1) is 0 Å². The van der Waals surface area contributed by atoms with E-state index in [-0.39, 0.29) is 27.0 Å². The summed E-state index contributed by atoms with van der Waals surface area (Å²) in [4.78, 5) is 12.9. The summed E-state index contributed by atoms with van der Waals surface area (Å²) in [6.45, 7) is 0.605. The second-order valence-electron chi connectivity index (χ2n) is 4.77. The molecule has 0 aliphatic carbocycles. The van der Waals surface area contributed by atoms with Gasteiger partial charge in [-0.05, 0) is 39.2 Å². The molecule has 0 saturated carbocycles. The molecule has 0 radical (unpaired) electrons. The topological polar surface area (TPSA) is 83.9 Å². The Hall–Kier alpha value is -1.31. The number of halogens is 1. The van der Waals surface area contributed by atoms with Gasteiger partial charge in [-0.15, -0.1) is 0 Å². The predicted molar refractivity (Wildman–Crippen MR) is 80.2 cm³/mol. The predicted octanol–water partition coefficient (Wildman–Crippen LogP) is 1.77. The third-order valence-electron chi connectivity index (χ3n) is 2.81. The van der Waals surface area contributed by atoms with Crippen molar-refractivity contribution in [3.8, 4) is 5.75 Å². The van der Waals surface area contributed by atoms with E-state index in [0.29, 0.717) is 13.0 Å². The lowest BCUT2D eigenvalue weighted by molar-refractivity contribution is 0.0693. The first kappa shape index (κ1) is 17.7. The van der Waals surface area contributed by atoms with Gasteiger partial charge in [-0.3, -0.25) is 0 Å². The quantitative estimate of drug-likeness (QED) is 0.817. The Bertz CT molecular complexity index is 628. The number of rotatable bonds is 7. The van der Waals surface area contributed by atoms with E-state index in [2.05, 4.69) is 0 Å². The largest absolute Gasteiger partial charge is 0.494 e. The molecule has 1 aromatic carbocycles.